The number of aromatic nitrogens is 4. The molecule has 0 unspecified atom stereocenters. The van der Waals surface area contributed by atoms with Crippen molar-refractivity contribution < 1.29 is 4.74 Å². The van der Waals surface area contributed by atoms with Crippen molar-refractivity contribution in [1.82, 2.24) is 30.4 Å². The predicted molar refractivity (Wildman–Crippen MR) is 116 cm³/mol. The molecule has 160 valence electrons. The smallest absolute Gasteiger partial charge is 0.191 e. The molecule has 3 rings (SSSR count). The summed E-state index contributed by atoms with van der Waals surface area (Å²) in [5.41, 5.74) is 0.819. The minimum absolute atomic E-state index is 0.421. The quantitative estimate of drug-likeness (QED) is 0.255. The minimum atomic E-state index is 0.421. The van der Waals surface area contributed by atoms with Crippen LogP contribution in [0.4, 0.5) is 5.82 Å². The van der Waals surface area contributed by atoms with Gasteiger partial charge in [-0.3, -0.25) is 9.67 Å². The highest BCUT2D eigenvalue weighted by atomic mass is 16.5. The van der Waals surface area contributed by atoms with Crippen molar-refractivity contribution in [1.29, 1.82) is 0 Å². The van der Waals surface area contributed by atoms with Gasteiger partial charge in [0.15, 0.2) is 11.6 Å². The number of aliphatic imine (C=N–C) groups is 1. The molecular formula is C20H34N8O. The molecule has 9 nitrogen and oxygen atoms in total. The summed E-state index contributed by atoms with van der Waals surface area (Å²) in [5, 5.41) is 15.1. The van der Waals surface area contributed by atoms with Crippen LogP contribution in [0.15, 0.2) is 17.5 Å². The van der Waals surface area contributed by atoms with Crippen LogP contribution >= 0.6 is 0 Å². The van der Waals surface area contributed by atoms with Gasteiger partial charge in [0.2, 0.25) is 0 Å². The van der Waals surface area contributed by atoms with Crippen LogP contribution in [0, 0.1) is 0 Å². The zero-order valence-electron chi connectivity index (χ0n) is 17.7. The highest BCUT2D eigenvalue weighted by Crippen LogP contribution is 2.19. The topological polar surface area (TPSA) is 101 Å². The average Bonchev–Trinajstić information content (AvgIpc) is 2.94. The number of hydrogen-bond acceptors (Lipinski definition) is 6. The molecule has 2 heterocycles. The highest BCUT2D eigenvalue weighted by molar-refractivity contribution is 5.86. The number of ether oxygens (including phenoxy) is 1. The van der Waals surface area contributed by atoms with Gasteiger partial charge in [0.25, 0.3) is 0 Å². The standard InChI is InChI=1S/C20H34N8O/c1-3-21-20(24-12-13-29-16-8-6-4-5-7-9-16)23-11-10-22-18-17-14-27-28(2)19(17)26-15-25-18/h14-16H,3-13H2,1-2H3,(H2,21,23,24)(H,22,25,26). The van der Waals surface area contributed by atoms with Crippen LogP contribution in [0.3, 0.4) is 0 Å². The SMILES string of the molecule is CCNC(=NCCOC1CCCCCC1)NCCNc1ncnc2c1cnn2C. The minimum Gasteiger partial charge on any atom is -0.376 e. The fourth-order valence-corrected chi connectivity index (χ4v) is 3.59. The van der Waals surface area contributed by atoms with E-state index in [-0.39, 0.29) is 0 Å². The Bertz CT molecular complexity index is 767. The Kier molecular flexibility index (Phi) is 8.48. The number of guanidine groups is 1. The number of fused-ring (bicyclic) bond motifs is 1. The van der Waals surface area contributed by atoms with Gasteiger partial charge in [-0.25, -0.2) is 9.97 Å². The van der Waals surface area contributed by atoms with Gasteiger partial charge in [0.05, 0.1) is 30.8 Å². The first-order chi connectivity index (χ1) is 14.3. The van der Waals surface area contributed by atoms with Crippen molar-refractivity contribution in [2.45, 2.75) is 51.6 Å². The summed E-state index contributed by atoms with van der Waals surface area (Å²) in [6.45, 7) is 5.68. The van der Waals surface area contributed by atoms with Crippen molar-refractivity contribution in [3.8, 4) is 0 Å². The first-order valence-corrected chi connectivity index (χ1v) is 10.8. The van der Waals surface area contributed by atoms with Gasteiger partial charge >= 0.3 is 0 Å². The molecular weight excluding hydrogens is 368 g/mol. The summed E-state index contributed by atoms with van der Waals surface area (Å²) < 4.78 is 7.76. The number of rotatable bonds is 9. The fraction of sp³-hybridized carbons (Fsp3) is 0.700. The molecule has 1 aliphatic rings. The molecule has 0 spiro atoms. The molecule has 3 N–H and O–H groups in total. The van der Waals surface area contributed by atoms with Crippen molar-refractivity contribution >= 4 is 22.8 Å². The van der Waals surface area contributed by atoms with E-state index in [0.29, 0.717) is 25.8 Å². The zero-order valence-corrected chi connectivity index (χ0v) is 17.7. The van der Waals surface area contributed by atoms with E-state index in [9.17, 15) is 0 Å². The fourth-order valence-electron chi connectivity index (χ4n) is 3.59. The number of nitrogens with zero attached hydrogens (tertiary/aromatic N) is 5. The molecule has 1 fully saturated rings. The summed E-state index contributed by atoms with van der Waals surface area (Å²) >= 11 is 0. The Morgan fingerprint density at radius 2 is 2.00 bits per heavy atom. The third-order valence-corrected chi connectivity index (χ3v) is 5.10. The largest absolute Gasteiger partial charge is 0.376 e. The average molecular weight is 403 g/mol. The van der Waals surface area contributed by atoms with Gasteiger partial charge in [-0.15, -0.1) is 0 Å². The number of hydrogen-bond donors (Lipinski definition) is 3. The lowest BCUT2D eigenvalue weighted by Crippen LogP contribution is -2.39. The number of nitrogens with one attached hydrogen (secondary N) is 3. The molecule has 0 bridgehead atoms. The van der Waals surface area contributed by atoms with Crippen LogP contribution in [-0.2, 0) is 11.8 Å². The van der Waals surface area contributed by atoms with E-state index in [1.54, 1.807) is 17.2 Å². The molecule has 0 atom stereocenters. The maximum absolute atomic E-state index is 6.02. The van der Waals surface area contributed by atoms with Gasteiger partial charge in [0, 0.05) is 26.7 Å². The van der Waals surface area contributed by atoms with Crippen LogP contribution in [0.5, 0.6) is 0 Å². The summed E-state index contributed by atoms with van der Waals surface area (Å²) in [6, 6.07) is 0. The van der Waals surface area contributed by atoms with Gasteiger partial charge < -0.3 is 20.7 Å². The summed E-state index contributed by atoms with van der Waals surface area (Å²) in [4.78, 5) is 13.2. The first-order valence-electron chi connectivity index (χ1n) is 10.8. The normalized spacial score (nSPS) is 16.0. The summed E-state index contributed by atoms with van der Waals surface area (Å²) in [6.07, 6.45) is 11.4. The summed E-state index contributed by atoms with van der Waals surface area (Å²) in [7, 11) is 1.87. The second-order valence-electron chi connectivity index (χ2n) is 7.33. The van der Waals surface area contributed by atoms with Gasteiger partial charge in [0.1, 0.15) is 12.1 Å². The van der Waals surface area contributed by atoms with E-state index in [0.717, 1.165) is 35.9 Å². The van der Waals surface area contributed by atoms with Crippen molar-refractivity contribution in [3.05, 3.63) is 12.5 Å². The molecule has 2 aromatic rings. The molecule has 1 aliphatic carbocycles. The van der Waals surface area contributed by atoms with E-state index < -0.39 is 0 Å². The van der Waals surface area contributed by atoms with E-state index in [1.807, 2.05) is 7.05 Å². The Balaban J connectivity index is 1.39. The molecule has 29 heavy (non-hydrogen) atoms. The molecule has 0 radical (unpaired) electrons. The van der Waals surface area contributed by atoms with Gasteiger partial charge in [-0.1, -0.05) is 25.7 Å². The zero-order chi connectivity index (χ0) is 20.3. The van der Waals surface area contributed by atoms with Crippen LogP contribution < -0.4 is 16.0 Å². The maximum Gasteiger partial charge on any atom is 0.191 e. The van der Waals surface area contributed by atoms with Crippen LogP contribution in [0.1, 0.15) is 45.4 Å². The molecule has 2 aromatic heterocycles. The monoisotopic (exact) mass is 402 g/mol. The van der Waals surface area contributed by atoms with E-state index in [2.05, 4.69) is 42.9 Å². The lowest BCUT2D eigenvalue weighted by Gasteiger charge is -2.15. The van der Waals surface area contributed by atoms with E-state index >= 15 is 0 Å². The Hall–Kier alpha value is -2.42. The number of aryl methyl sites for hydroxylation is 1. The molecule has 9 heteroatoms. The molecule has 0 aromatic carbocycles. The lowest BCUT2D eigenvalue weighted by molar-refractivity contribution is 0.0487. The Morgan fingerprint density at radius 1 is 1.17 bits per heavy atom. The molecule has 0 saturated heterocycles. The van der Waals surface area contributed by atoms with Gasteiger partial charge in [-0.05, 0) is 19.8 Å². The highest BCUT2D eigenvalue weighted by Gasteiger charge is 2.12. The third-order valence-electron chi connectivity index (χ3n) is 5.10. The van der Waals surface area contributed by atoms with Crippen LogP contribution in [-0.4, -0.2) is 64.6 Å². The number of anilines is 1. The van der Waals surface area contributed by atoms with Crippen molar-refractivity contribution in [2.75, 3.05) is 38.1 Å². The Labute approximate surface area is 172 Å². The van der Waals surface area contributed by atoms with Crippen molar-refractivity contribution in [2.24, 2.45) is 12.0 Å². The van der Waals surface area contributed by atoms with Crippen LogP contribution in [0.2, 0.25) is 0 Å². The predicted octanol–water partition coefficient (Wildman–Crippen LogP) is 2.07. The van der Waals surface area contributed by atoms with Gasteiger partial charge in [-0.2, -0.15) is 5.10 Å². The second-order valence-corrected chi connectivity index (χ2v) is 7.33. The third kappa shape index (κ3) is 6.56. The molecule has 1 saturated carbocycles. The second kappa shape index (κ2) is 11.5. The summed E-state index contributed by atoms with van der Waals surface area (Å²) in [5.74, 6) is 1.61. The van der Waals surface area contributed by atoms with Crippen LogP contribution in [0.25, 0.3) is 11.0 Å². The molecule has 0 amide bonds. The lowest BCUT2D eigenvalue weighted by atomic mass is 10.1. The van der Waals surface area contributed by atoms with Crippen molar-refractivity contribution in [3.63, 3.8) is 0 Å². The maximum atomic E-state index is 6.02. The Morgan fingerprint density at radius 3 is 2.79 bits per heavy atom. The first kappa shape index (κ1) is 21.3. The van der Waals surface area contributed by atoms with E-state index in [1.165, 1.54) is 38.5 Å². The van der Waals surface area contributed by atoms with E-state index in [4.69, 9.17) is 4.74 Å². The molecule has 0 aliphatic heterocycles.